The molecule has 1 aromatic rings. The third kappa shape index (κ3) is 2.47. The number of rotatable bonds is 2. The number of hydrogen-bond donors (Lipinski definition) is 1. The van der Waals surface area contributed by atoms with E-state index in [2.05, 4.69) is 17.9 Å². The molecule has 4 heteroatoms. The Morgan fingerprint density at radius 1 is 1.56 bits per heavy atom. The van der Waals surface area contributed by atoms with E-state index in [0.717, 1.165) is 11.3 Å². The van der Waals surface area contributed by atoms with Crippen LogP contribution in [-0.4, -0.2) is 37.0 Å². The highest BCUT2D eigenvalue weighted by molar-refractivity contribution is 5.54. The lowest BCUT2D eigenvalue weighted by molar-refractivity contribution is -0.0103. The summed E-state index contributed by atoms with van der Waals surface area (Å²) in [5, 5.41) is 18.1. The van der Waals surface area contributed by atoms with E-state index in [1.165, 1.54) is 0 Å². The molecule has 18 heavy (non-hydrogen) atoms. The molecule has 1 aliphatic heterocycles. The van der Waals surface area contributed by atoms with Gasteiger partial charge in [-0.3, -0.25) is 0 Å². The van der Waals surface area contributed by atoms with Crippen molar-refractivity contribution in [2.24, 2.45) is 0 Å². The van der Waals surface area contributed by atoms with Gasteiger partial charge in [0.1, 0.15) is 0 Å². The normalized spacial score (nSPS) is 23.8. The summed E-state index contributed by atoms with van der Waals surface area (Å²) >= 11 is 0. The van der Waals surface area contributed by atoms with E-state index in [-0.39, 0.29) is 18.8 Å². The van der Waals surface area contributed by atoms with E-state index in [4.69, 9.17) is 10.00 Å². The maximum atomic E-state index is 9.18. The second-order valence-electron chi connectivity index (χ2n) is 4.75. The number of benzene rings is 1. The van der Waals surface area contributed by atoms with Crippen molar-refractivity contribution in [1.82, 2.24) is 0 Å². The molecule has 1 aliphatic rings. The fourth-order valence-corrected chi connectivity index (χ4v) is 2.24. The van der Waals surface area contributed by atoms with Crippen LogP contribution in [0.5, 0.6) is 0 Å². The molecule has 1 heterocycles. The number of morpholine rings is 1. The summed E-state index contributed by atoms with van der Waals surface area (Å²) in [7, 11) is 0. The Bertz CT molecular complexity index is 467. The van der Waals surface area contributed by atoms with Crippen LogP contribution in [-0.2, 0) is 4.74 Å². The quantitative estimate of drug-likeness (QED) is 0.858. The number of aryl methyl sites for hydroxylation is 1. The van der Waals surface area contributed by atoms with E-state index in [1.54, 1.807) is 0 Å². The summed E-state index contributed by atoms with van der Waals surface area (Å²) < 4.78 is 5.52. The van der Waals surface area contributed by atoms with Gasteiger partial charge >= 0.3 is 0 Å². The van der Waals surface area contributed by atoms with Gasteiger partial charge in [-0.2, -0.15) is 5.26 Å². The minimum Gasteiger partial charge on any atom is -0.394 e. The largest absolute Gasteiger partial charge is 0.394 e. The molecule has 0 amide bonds. The number of aliphatic hydroxyl groups is 1. The lowest BCUT2D eigenvalue weighted by atomic mass is 10.1. The molecular weight excluding hydrogens is 228 g/mol. The summed E-state index contributed by atoms with van der Waals surface area (Å²) in [6.07, 6.45) is -0.128. The Morgan fingerprint density at radius 2 is 2.33 bits per heavy atom. The Labute approximate surface area is 107 Å². The SMILES string of the molecule is Cc1cc(N2CC(CO)OCC2C)ccc1C#N. The molecule has 0 aliphatic carbocycles. The van der Waals surface area contributed by atoms with Gasteiger partial charge in [-0.15, -0.1) is 0 Å². The zero-order chi connectivity index (χ0) is 13.1. The van der Waals surface area contributed by atoms with Gasteiger partial charge in [-0.1, -0.05) is 0 Å². The number of nitrogens with zero attached hydrogens (tertiary/aromatic N) is 2. The maximum absolute atomic E-state index is 9.18. The predicted molar refractivity (Wildman–Crippen MR) is 69.5 cm³/mol. The molecule has 1 aromatic carbocycles. The van der Waals surface area contributed by atoms with Gasteiger partial charge in [0.2, 0.25) is 0 Å². The van der Waals surface area contributed by atoms with Gasteiger partial charge in [0.15, 0.2) is 0 Å². The fraction of sp³-hybridized carbons (Fsp3) is 0.500. The summed E-state index contributed by atoms with van der Waals surface area (Å²) in [5.74, 6) is 0. The van der Waals surface area contributed by atoms with Gasteiger partial charge in [0, 0.05) is 18.3 Å². The Hall–Kier alpha value is -1.57. The molecule has 0 saturated carbocycles. The number of hydrogen-bond acceptors (Lipinski definition) is 4. The molecule has 2 rings (SSSR count). The van der Waals surface area contributed by atoms with Crippen LogP contribution < -0.4 is 4.90 Å². The number of ether oxygens (including phenoxy) is 1. The van der Waals surface area contributed by atoms with Crippen molar-refractivity contribution in [3.05, 3.63) is 29.3 Å². The molecule has 0 radical (unpaired) electrons. The molecule has 96 valence electrons. The topological polar surface area (TPSA) is 56.5 Å². The van der Waals surface area contributed by atoms with Crippen LogP contribution in [0.1, 0.15) is 18.1 Å². The molecule has 4 nitrogen and oxygen atoms in total. The standard InChI is InChI=1S/C14H18N2O2/c1-10-5-13(4-3-12(10)6-15)16-7-14(8-17)18-9-11(16)2/h3-5,11,14,17H,7-9H2,1-2H3. The van der Waals surface area contributed by atoms with Crippen LogP contribution in [0.25, 0.3) is 0 Å². The minimum absolute atomic E-state index is 0.0402. The number of anilines is 1. The first kappa shape index (κ1) is 12.9. The highest BCUT2D eigenvalue weighted by Gasteiger charge is 2.25. The van der Waals surface area contributed by atoms with Gasteiger partial charge < -0.3 is 14.7 Å². The van der Waals surface area contributed by atoms with Crippen molar-refractivity contribution in [1.29, 1.82) is 5.26 Å². The average Bonchev–Trinajstić information content (AvgIpc) is 2.39. The second kappa shape index (κ2) is 5.38. The molecule has 0 bridgehead atoms. The third-order valence-electron chi connectivity index (χ3n) is 3.37. The third-order valence-corrected chi connectivity index (χ3v) is 3.37. The average molecular weight is 246 g/mol. The van der Waals surface area contributed by atoms with E-state index in [9.17, 15) is 5.11 Å². The van der Waals surface area contributed by atoms with E-state index < -0.39 is 0 Å². The van der Waals surface area contributed by atoms with Gasteiger partial charge in [0.25, 0.3) is 0 Å². The van der Waals surface area contributed by atoms with Crippen LogP contribution in [0, 0.1) is 18.3 Å². The first-order valence-corrected chi connectivity index (χ1v) is 6.15. The van der Waals surface area contributed by atoms with E-state index in [0.29, 0.717) is 18.7 Å². The van der Waals surface area contributed by atoms with Crippen molar-refractivity contribution >= 4 is 5.69 Å². The van der Waals surface area contributed by atoms with Crippen molar-refractivity contribution < 1.29 is 9.84 Å². The molecular formula is C14H18N2O2. The molecule has 1 saturated heterocycles. The molecule has 1 fully saturated rings. The highest BCUT2D eigenvalue weighted by atomic mass is 16.5. The molecule has 2 unspecified atom stereocenters. The molecule has 1 N–H and O–H groups in total. The smallest absolute Gasteiger partial charge is 0.0994 e. The van der Waals surface area contributed by atoms with Gasteiger partial charge in [-0.05, 0) is 37.6 Å². The molecule has 0 spiro atoms. The van der Waals surface area contributed by atoms with Gasteiger partial charge in [-0.25, -0.2) is 0 Å². The first-order chi connectivity index (χ1) is 8.65. The predicted octanol–water partition coefficient (Wildman–Crippen LogP) is 1.45. The summed E-state index contributed by atoms with van der Waals surface area (Å²) in [4.78, 5) is 2.22. The number of nitriles is 1. The monoisotopic (exact) mass is 246 g/mol. The maximum Gasteiger partial charge on any atom is 0.0994 e. The second-order valence-corrected chi connectivity index (χ2v) is 4.75. The molecule has 0 aromatic heterocycles. The zero-order valence-electron chi connectivity index (χ0n) is 10.8. The van der Waals surface area contributed by atoms with Crippen molar-refractivity contribution in [3.63, 3.8) is 0 Å². The van der Waals surface area contributed by atoms with Gasteiger partial charge in [0.05, 0.1) is 31.0 Å². The van der Waals surface area contributed by atoms with Crippen molar-refractivity contribution in [2.75, 3.05) is 24.7 Å². The first-order valence-electron chi connectivity index (χ1n) is 6.15. The van der Waals surface area contributed by atoms with Crippen LogP contribution in [0.15, 0.2) is 18.2 Å². The van der Waals surface area contributed by atoms with E-state index in [1.807, 2.05) is 25.1 Å². The lowest BCUT2D eigenvalue weighted by Crippen LogP contribution is -2.49. The summed E-state index contributed by atoms with van der Waals surface area (Å²) in [6.45, 7) is 5.38. The Balaban J connectivity index is 2.24. The van der Waals surface area contributed by atoms with Crippen LogP contribution in [0.3, 0.4) is 0 Å². The summed E-state index contributed by atoms with van der Waals surface area (Å²) in [6, 6.07) is 8.28. The van der Waals surface area contributed by atoms with Crippen LogP contribution in [0.2, 0.25) is 0 Å². The van der Waals surface area contributed by atoms with E-state index >= 15 is 0 Å². The summed E-state index contributed by atoms with van der Waals surface area (Å²) in [5.41, 5.74) is 2.77. The minimum atomic E-state index is -0.128. The molecule has 2 atom stereocenters. The lowest BCUT2D eigenvalue weighted by Gasteiger charge is -2.39. The zero-order valence-corrected chi connectivity index (χ0v) is 10.8. The highest BCUT2D eigenvalue weighted by Crippen LogP contribution is 2.24. The number of aliphatic hydroxyl groups excluding tert-OH is 1. The Morgan fingerprint density at radius 3 is 2.94 bits per heavy atom. The van der Waals surface area contributed by atoms with Crippen molar-refractivity contribution in [2.45, 2.75) is 26.0 Å². The van der Waals surface area contributed by atoms with Crippen LogP contribution >= 0.6 is 0 Å². The Kier molecular flexibility index (Phi) is 3.85. The van der Waals surface area contributed by atoms with Crippen LogP contribution in [0.4, 0.5) is 5.69 Å². The van der Waals surface area contributed by atoms with Crippen molar-refractivity contribution in [3.8, 4) is 6.07 Å². The fourth-order valence-electron chi connectivity index (χ4n) is 2.24.